The van der Waals surface area contributed by atoms with Crippen LogP contribution in [0.5, 0.6) is 0 Å². The zero-order valence-electron chi connectivity index (χ0n) is 13.8. The van der Waals surface area contributed by atoms with Gasteiger partial charge in [-0.05, 0) is 38.0 Å². The summed E-state index contributed by atoms with van der Waals surface area (Å²) in [6, 6.07) is 6.78. The maximum atomic E-state index is 13.0. The summed E-state index contributed by atoms with van der Waals surface area (Å²) in [6.45, 7) is 8.34. The van der Waals surface area contributed by atoms with E-state index in [-0.39, 0.29) is 11.9 Å². The van der Waals surface area contributed by atoms with Gasteiger partial charge in [-0.15, -0.1) is 0 Å². The molecule has 2 heterocycles. The summed E-state index contributed by atoms with van der Waals surface area (Å²) in [6.07, 6.45) is 3.22. The Hall–Kier alpha value is -1.72. The number of fused-ring (bicyclic) bond motifs is 1. The first-order valence-electron chi connectivity index (χ1n) is 8.23. The number of nitrogens with zero attached hydrogens (tertiary/aromatic N) is 3. The van der Waals surface area contributed by atoms with Crippen LogP contribution in [0, 0.1) is 5.82 Å². The number of aromatic nitrogens is 2. The molecule has 0 spiro atoms. The Morgan fingerprint density at radius 3 is 2.74 bits per heavy atom. The van der Waals surface area contributed by atoms with E-state index in [2.05, 4.69) is 14.5 Å². The van der Waals surface area contributed by atoms with Gasteiger partial charge in [-0.1, -0.05) is 12.1 Å². The fraction of sp³-hybridized carbons (Fsp3) is 0.500. The molecule has 0 bridgehead atoms. The topological polar surface area (TPSA) is 30.3 Å². The van der Waals surface area contributed by atoms with E-state index in [1.165, 1.54) is 17.8 Å². The highest BCUT2D eigenvalue weighted by atomic mass is 19.1. The van der Waals surface area contributed by atoms with E-state index in [1.807, 2.05) is 32.3 Å². The second-order valence-corrected chi connectivity index (χ2v) is 6.38. The molecule has 5 heteroatoms. The Kier molecular flexibility index (Phi) is 5.08. The second kappa shape index (κ2) is 7.23. The lowest BCUT2D eigenvalue weighted by atomic mass is 10.2. The molecule has 124 valence electrons. The number of ether oxygens (including phenoxy) is 1. The van der Waals surface area contributed by atoms with Crippen LogP contribution in [0.2, 0.25) is 0 Å². The molecule has 1 aliphatic rings. The monoisotopic (exact) mass is 317 g/mol. The van der Waals surface area contributed by atoms with Crippen LogP contribution >= 0.6 is 0 Å². The number of halogens is 1. The minimum atomic E-state index is -0.184. The quantitative estimate of drug-likeness (QED) is 0.847. The van der Waals surface area contributed by atoms with Crippen molar-refractivity contribution < 1.29 is 9.13 Å². The second-order valence-electron chi connectivity index (χ2n) is 6.38. The molecule has 3 rings (SSSR count). The van der Waals surface area contributed by atoms with Crippen LogP contribution in [0.25, 0.3) is 0 Å². The normalized spacial score (nSPS) is 15.7. The molecule has 1 aliphatic heterocycles. The van der Waals surface area contributed by atoms with Gasteiger partial charge in [-0.25, -0.2) is 9.37 Å². The molecule has 0 unspecified atom stereocenters. The minimum absolute atomic E-state index is 0.184. The van der Waals surface area contributed by atoms with E-state index >= 15 is 0 Å². The Labute approximate surface area is 136 Å². The predicted octanol–water partition coefficient (Wildman–Crippen LogP) is 3.35. The zero-order valence-corrected chi connectivity index (χ0v) is 13.8. The molecular formula is C18H24FN3O. The lowest BCUT2D eigenvalue weighted by Crippen LogP contribution is -2.23. The molecule has 1 aromatic heterocycles. The first-order chi connectivity index (χ1) is 11.1. The molecule has 0 fully saturated rings. The van der Waals surface area contributed by atoms with Crippen molar-refractivity contribution in [2.75, 3.05) is 6.54 Å². The van der Waals surface area contributed by atoms with Gasteiger partial charge in [-0.3, -0.25) is 4.90 Å². The summed E-state index contributed by atoms with van der Waals surface area (Å²) in [5.74, 6) is -0.184. The van der Waals surface area contributed by atoms with Crippen molar-refractivity contribution in [3.8, 4) is 0 Å². The Morgan fingerprint density at radius 1 is 1.22 bits per heavy atom. The highest BCUT2D eigenvalue weighted by molar-refractivity contribution is 5.17. The van der Waals surface area contributed by atoms with E-state index in [0.29, 0.717) is 6.61 Å². The lowest BCUT2D eigenvalue weighted by molar-refractivity contribution is 0.0628. The van der Waals surface area contributed by atoms with Crippen LogP contribution < -0.4 is 0 Å². The molecule has 0 saturated heterocycles. The van der Waals surface area contributed by atoms with Gasteiger partial charge in [0.2, 0.25) is 0 Å². The molecule has 0 atom stereocenters. The van der Waals surface area contributed by atoms with Crippen molar-refractivity contribution in [2.45, 2.75) is 52.6 Å². The Balaban J connectivity index is 1.71. The fourth-order valence-electron chi connectivity index (χ4n) is 2.93. The number of rotatable bonds is 5. The van der Waals surface area contributed by atoms with Crippen LogP contribution in [0.15, 0.2) is 30.6 Å². The number of aryl methyl sites for hydroxylation is 1. The smallest absolute Gasteiger partial charge is 0.123 e. The van der Waals surface area contributed by atoms with Crippen molar-refractivity contribution in [3.63, 3.8) is 0 Å². The van der Waals surface area contributed by atoms with E-state index in [1.54, 1.807) is 0 Å². The number of imidazole rings is 1. The first-order valence-corrected chi connectivity index (χ1v) is 8.23. The lowest BCUT2D eigenvalue weighted by Gasteiger charge is -2.20. The summed E-state index contributed by atoms with van der Waals surface area (Å²) in [4.78, 5) is 6.92. The highest BCUT2D eigenvalue weighted by Gasteiger charge is 2.19. The highest BCUT2D eigenvalue weighted by Crippen LogP contribution is 2.19. The standard InChI is InChI=1S/C18H24FN3O/c1-14(2)23-12-17-18-11-21(8-3-9-22(18)13-20-17)10-15-4-6-16(19)7-5-15/h4-7,13-14H,3,8-12H2,1-2H3. The third-order valence-corrected chi connectivity index (χ3v) is 4.15. The summed E-state index contributed by atoms with van der Waals surface area (Å²) < 4.78 is 21.0. The Morgan fingerprint density at radius 2 is 2.00 bits per heavy atom. The molecule has 0 radical (unpaired) electrons. The average molecular weight is 317 g/mol. The van der Waals surface area contributed by atoms with Gasteiger partial charge < -0.3 is 9.30 Å². The van der Waals surface area contributed by atoms with Crippen LogP contribution in [0.3, 0.4) is 0 Å². The maximum absolute atomic E-state index is 13.0. The molecule has 0 N–H and O–H groups in total. The van der Waals surface area contributed by atoms with E-state index < -0.39 is 0 Å². The fourth-order valence-corrected chi connectivity index (χ4v) is 2.93. The summed E-state index contributed by atoms with van der Waals surface area (Å²) >= 11 is 0. The largest absolute Gasteiger partial charge is 0.372 e. The van der Waals surface area contributed by atoms with Crippen molar-refractivity contribution in [1.29, 1.82) is 0 Å². The first kappa shape index (κ1) is 16.1. The van der Waals surface area contributed by atoms with Gasteiger partial charge in [0.25, 0.3) is 0 Å². The molecule has 4 nitrogen and oxygen atoms in total. The van der Waals surface area contributed by atoms with Crippen LogP contribution in [0.1, 0.15) is 37.2 Å². The van der Waals surface area contributed by atoms with Gasteiger partial charge >= 0.3 is 0 Å². The Bertz CT molecular complexity index is 636. The summed E-state index contributed by atoms with van der Waals surface area (Å²) in [5, 5.41) is 0. The third kappa shape index (κ3) is 4.18. The molecule has 23 heavy (non-hydrogen) atoms. The van der Waals surface area contributed by atoms with Crippen molar-refractivity contribution >= 4 is 0 Å². The third-order valence-electron chi connectivity index (χ3n) is 4.15. The molecule has 2 aromatic rings. The molecular weight excluding hydrogens is 293 g/mol. The zero-order chi connectivity index (χ0) is 16.2. The molecule has 0 saturated carbocycles. The number of hydrogen-bond acceptors (Lipinski definition) is 3. The van der Waals surface area contributed by atoms with Crippen LogP contribution in [-0.2, 0) is 31.0 Å². The van der Waals surface area contributed by atoms with Crippen molar-refractivity contribution in [2.24, 2.45) is 0 Å². The van der Waals surface area contributed by atoms with Gasteiger partial charge in [-0.2, -0.15) is 0 Å². The van der Waals surface area contributed by atoms with Gasteiger partial charge in [0.1, 0.15) is 5.82 Å². The minimum Gasteiger partial charge on any atom is -0.372 e. The van der Waals surface area contributed by atoms with Crippen LogP contribution in [0.4, 0.5) is 4.39 Å². The van der Waals surface area contributed by atoms with Gasteiger partial charge in [0.15, 0.2) is 0 Å². The molecule has 0 aliphatic carbocycles. The SMILES string of the molecule is CC(C)OCc1ncn2c1CN(Cc1ccc(F)cc1)CCC2. The predicted molar refractivity (Wildman–Crippen MR) is 87.3 cm³/mol. The van der Waals surface area contributed by atoms with Crippen LogP contribution in [-0.4, -0.2) is 27.1 Å². The van der Waals surface area contributed by atoms with E-state index in [9.17, 15) is 4.39 Å². The summed E-state index contributed by atoms with van der Waals surface area (Å²) in [7, 11) is 0. The number of hydrogen-bond donors (Lipinski definition) is 0. The maximum Gasteiger partial charge on any atom is 0.123 e. The molecule has 0 amide bonds. The van der Waals surface area contributed by atoms with E-state index in [0.717, 1.165) is 43.9 Å². The summed E-state index contributed by atoms with van der Waals surface area (Å²) in [5.41, 5.74) is 3.41. The average Bonchev–Trinajstić information content (AvgIpc) is 2.78. The van der Waals surface area contributed by atoms with Crippen molar-refractivity contribution in [3.05, 3.63) is 53.4 Å². The van der Waals surface area contributed by atoms with E-state index in [4.69, 9.17) is 4.74 Å². The molecule has 1 aromatic carbocycles. The van der Waals surface area contributed by atoms with Gasteiger partial charge in [0.05, 0.1) is 30.4 Å². The number of benzene rings is 1. The van der Waals surface area contributed by atoms with Crippen molar-refractivity contribution in [1.82, 2.24) is 14.5 Å². The van der Waals surface area contributed by atoms with Gasteiger partial charge in [0, 0.05) is 26.2 Å².